The molecule has 0 radical (unpaired) electrons. The van der Waals surface area contributed by atoms with Crippen LogP contribution in [0.15, 0.2) is 18.5 Å². The Morgan fingerprint density at radius 2 is 2.33 bits per heavy atom. The lowest BCUT2D eigenvalue weighted by molar-refractivity contribution is 0.0943. The number of ether oxygens (including phenoxy) is 1. The quantitative estimate of drug-likeness (QED) is 0.772. The number of aromatic nitrogens is 1. The zero-order valence-electron chi connectivity index (χ0n) is 10.6. The van der Waals surface area contributed by atoms with Crippen LogP contribution in [0.3, 0.4) is 0 Å². The van der Waals surface area contributed by atoms with E-state index in [2.05, 4.69) is 10.3 Å². The predicted molar refractivity (Wildman–Crippen MR) is 65.9 cm³/mol. The topological polar surface area (TPSA) is 54.5 Å². The van der Waals surface area contributed by atoms with Gasteiger partial charge >= 0.3 is 0 Å². The van der Waals surface area contributed by atoms with E-state index in [4.69, 9.17) is 4.74 Å². The van der Waals surface area contributed by atoms with Crippen molar-refractivity contribution in [3.05, 3.63) is 29.8 Å². The van der Waals surface area contributed by atoms with E-state index in [1.807, 2.05) is 11.9 Å². The zero-order valence-corrected chi connectivity index (χ0v) is 10.6. The van der Waals surface area contributed by atoms with E-state index in [-0.39, 0.29) is 5.56 Å². The molecule has 1 aromatic rings. The van der Waals surface area contributed by atoms with Gasteiger partial charge in [0.1, 0.15) is 0 Å². The van der Waals surface area contributed by atoms with Crippen LogP contribution in [-0.4, -0.2) is 56.2 Å². The molecule has 0 atom stereocenters. The molecule has 1 amide bonds. The molecule has 0 aliphatic rings. The second-order valence-corrected chi connectivity index (χ2v) is 3.91. The number of likely N-dealkylation sites (N-methyl/N-ethyl adjacent to an activating group) is 1. The molecule has 1 N–H and O–H groups in total. The van der Waals surface area contributed by atoms with Crippen molar-refractivity contribution in [2.24, 2.45) is 0 Å². The molecule has 1 heterocycles. The summed E-state index contributed by atoms with van der Waals surface area (Å²) in [6, 6.07) is 1.36. The number of nitrogens with zero attached hydrogens (tertiary/aromatic N) is 2. The minimum absolute atomic E-state index is 0.0181. The lowest BCUT2D eigenvalue weighted by Crippen LogP contribution is -2.34. The highest BCUT2D eigenvalue weighted by molar-refractivity contribution is 5.94. The zero-order chi connectivity index (χ0) is 13.4. The normalized spacial score (nSPS) is 10.7. The summed E-state index contributed by atoms with van der Waals surface area (Å²) in [7, 11) is 3.57. The van der Waals surface area contributed by atoms with Crippen molar-refractivity contribution in [1.29, 1.82) is 0 Å². The first-order chi connectivity index (χ1) is 8.65. The Morgan fingerprint density at radius 3 is 3.00 bits per heavy atom. The average molecular weight is 255 g/mol. The maximum absolute atomic E-state index is 13.2. The molecule has 0 saturated heterocycles. The number of rotatable bonds is 7. The highest BCUT2D eigenvalue weighted by Crippen LogP contribution is 2.03. The monoisotopic (exact) mass is 255 g/mol. The van der Waals surface area contributed by atoms with Crippen molar-refractivity contribution in [2.45, 2.75) is 0 Å². The number of hydrogen-bond donors (Lipinski definition) is 1. The Morgan fingerprint density at radius 1 is 1.56 bits per heavy atom. The summed E-state index contributed by atoms with van der Waals surface area (Å²) in [5.41, 5.74) is 0.0181. The van der Waals surface area contributed by atoms with Crippen LogP contribution in [-0.2, 0) is 4.74 Å². The van der Waals surface area contributed by atoms with Crippen molar-refractivity contribution < 1.29 is 13.9 Å². The molecule has 18 heavy (non-hydrogen) atoms. The maximum atomic E-state index is 13.2. The van der Waals surface area contributed by atoms with Crippen molar-refractivity contribution in [3.63, 3.8) is 0 Å². The Hall–Kier alpha value is -1.53. The molecule has 0 aromatic carbocycles. The Bertz CT molecular complexity index is 387. The molecule has 1 rings (SSSR count). The van der Waals surface area contributed by atoms with Crippen molar-refractivity contribution in [1.82, 2.24) is 15.2 Å². The van der Waals surface area contributed by atoms with Gasteiger partial charge in [-0.25, -0.2) is 4.39 Å². The fraction of sp³-hybridized carbons (Fsp3) is 0.500. The van der Waals surface area contributed by atoms with E-state index in [1.54, 1.807) is 7.11 Å². The van der Waals surface area contributed by atoms with Gasteiger partial charge in [0.15, 0.2) is 5.82 Å². The second-order valence-electron chi connectivity index (χ2n) is 3.91. The molecule has 0 bridgehead atoms. The van der Waals surface area contributed by atoms with E-state index < -0.39 is 11.7 Å². The number of amides is 1. The average Bonchev–Trinajstić information content (AvgIpc) is 2.36. The smallest absolute Gasteiger partial charge is 0.254 e. The molecular formula is C12H18FN3O2. The number of nitrogens with one attached hydrogen (secondary N) is 1. The summed E-state index contributed by atoms with van der Waals surface area (Å²) < 4.78 is 18.2. The van der Waals surface area contributed by atoms with Crippen LogP contribution in [0.5, 0.6) is 0 Å². The largest absolute Gasteiger partial charge is 0.383 e. The minimum Gasteiger partial charge on any atom is -0.383 e. The van der Waals surface area contributed by atoms with Gasteiger partial charge in [-0.3, -0.25) is 9.78 Å². The van der Waals surface area contributed by atoms with E-state index in [0.717, 1.165) is 12.7 Å². The van der Waals surface area contributed by atoms with Crippen LogP contribution in [0.4, 0.5) is 4.39 Å². The number of halogens is 1. The summed E-state index contributed by atoms with van der Waals surface area (Å²) >= 11 is 0. The third-order valence-electron chi connectivity index (χ3n) is 2.47. The minimum atomic E-state index is -0.609. The molecule has 1 aromatic heterocycles. The van der Waals surface area contributed by atoms with Gasteiger partial charge in [0, 0.05) is 32.9 Å². The fourth-order valence-corrected chi connectivity index (χ4v) is 1.37. The summed E-state index contributed by atoms with van der Waals surface area (Å²) in [4.78, 5) is 17.3. The summed E-state index contributed by atoms with van der Waals surface area (Å²) in [6.45, 7) is 2.57. The molecular weight excluding hydrogens is 237 g/mol. The lowest BCUT2D eigenvalue weighted by Gasteiger charge is -2.16. The molecule has 0 saturated carbocycles. The van der Waals surface area contributed by atoms with Crippen molar-refractivity contribution >= 4 is 5.91 Å². The fourth-order valence-electron chi connectivity index (χ4n) is 1.37. The van der Waals surface area contributed by atoms with Crippen molar-refractivity contribution in [3.8, 4) is 0 Å². The molecule has 0 unspecified atom stereocenters. The molecule has 0 aliphatic carbocycles. The molecule has 6 heteroatoms. The number of methoxy groups -OCH3 is 1. The summed E-state index contributed by atoms with van der Waals surface area (Å²) in [5, 5.41) is 2.66. The van der Waals surface area contributed by atoms with Gasteiger partial charge in [-0.05, 0) is 13.1 Å². The Balaban J connectivity index is 2.32. The van der Waals surface area contributed by atoms with Gasteiger partial charge in [-0.2, -0.15) is 0 Å². The Labute approximate surface area is 106 Å². The van der Waals surface area contributed by atoms with Gasteiger partial charge in [-0.15, -0.1) is 0 Å². The van der Waals surface area contributed by atoms with E-state index in [0.29, 0.717) is 19.7 Å². The Kier molecular flexibility index (Phi) is 6.24. The highest BCUT2D eigenvalue weighted by atomic mass is 19.1. The highest BCUT2D eigenvalue weighted by Gasteiger charge is 2.10. The first-order valence-corrected chi connectivity index (χ1v) is 5.70. The van der Waals surface area contributed by atoms with Gasteiger partial charge in [0.2, 0.25) is 0 Å². The van der Waals surface area contributed by atoms with Crippen LogP contribution in [0, 0.1) is 5.82 Å². The number of carbonyl (C=O) groups is 1. The molecule has 0 spiro atoms. The van der Waals surface area contributed by atoms with Crippen LogP contribution in [0.2, 0.25) is 0 Å². The maximum Gasteiger partial charge on any atom is 0.254 e. The van der Waals surface area contributed by atoms with Gasteiger partial charge < -0.3 is 15.0 Å². The van der Waals surface area contributed by atoms with Gasteiger partial charge in [0.25, 0.3) is 5.91 Å². The first-order valence-electron chi connectivity index (χ1n) is 5.70. The molecule has 100 valence electrons. The SMILES string of the molecule is COCCN(C)CCNC(=O)c1ccncc1F. The first kappa shape index (κ1) is 14.5. The van der Waals surface area contributed by atoms with Crippen LogP contribution in [0.1, 0.15) is 10.4 Å². The standard InChI is InChI=1S/C12H18FN3O2/c1-16(7-8-18-2)6-5-15-12(17)10-3-4-14-9-11(10)13/h3-4,9H,5-8H2,1-2H3,(H,15,17). The van der Waals surface area contributed by atoms with Crippen molar-refractivity contribution in [2.75, 3.05) is 40.4 Å². The molecule has 0 fully saturated rings. The lowest BCUT2D eigenvalue weighted by atomic mass is 10.2. The molecule has 5 nitrogen and oxygen atoms in total. The van der Waals surface area contributed by atoms with Crippen LogP contribution < -0.4 is 5.32 Å². The molecule has 0 aliphatic heterocycles. The second kappa shape index (κ2) is 7.73. The van der Waals surface area contributed by atoms with Crippen LogP contribution in [0.25, 0.3) is 0 Å². The van der Waals surface area contributed by atoms with E-state index in [9.17, 15) is 9.18 Å². The summed E-state index contributed by atoms with van der Waals surface area (Å²) in [6.07, 6.45) is 2.42. The predicted octanol–water partition coefficient (Wildman–Crippen LogP) is 0.529. The van der Waals surface area contributed by atoms with Gasteiger partial charge in [0.05, 0.1) is 18.4 Å². The number of hydrogen-bond acceptors (Lipinski definition) is 4. The number of pyridine rings is 1. The van der Waals surface area contributed by atoms with E-state index in [1.165, 1.54) is 12.3 Å². The van der Waals surface area contributed by atoms with Crippen LogP contribution >= 0.6 is 0 Å². The third kappa shape index (κ3) is 4.77. The van der Waals surface area contributed by atoms with E-state index >= 15 is 0 Å². The third-order valence-corrected chi connectivity index (χ3v) is 2.47. The van der Waals surface area contributed by atoms with Gasteiger partial charge in [-0.1, -0.05) is 0 Å². The summed E-state index contributed by atoms with van der Waals surface area (Å²) in [5.74, 6) is -1.03. The number of carbonyl (C=O) groups excluding carboxylic acids is 1.